The van der Waals surface area contributed by atoms with Crippen LogP contribution in [0.2, 0.25) is 0 Å². The zero-order chi connectivity index (χ0) is 22.9. The summed E-state index contributed by atoms with van der Waals surface area (Å²) in [6.45, 7) is 6.45. The maximum atomic E-state index is 9.88. The van der Waals surface area contributed by atoms with Crippen molar-refractivity contribution in [2.75, 3.05) is 23.8 Å². The van der Waals surface area contributed by atoms with Gasteiger partial charge in [0.1, 0.15) is 4.70 Å². The summed E-state index contributed by atoms with van der Waals surface area (Å²) < 4.78 is 0.854. The molecule has 3 aromatic rings. The Morgan fingerprint density at radius 2 is 1.75 bits per heavy atom. The van der Waals surface area contributed by atoms with Crippen molar-refractivity contribution < 1.29 is 10.2 Å². The highest BCUT2D eigenvalue weighted by molar-refractivity contribution is 7.98. The molecule has 1 aromatic carbocycles. The third kappa shape index (κ3) is 7.03. The lowest BCUT2D eigenvalue weighted by atomic mass is 10.0. The van der Waals surface area contributed by atoms with Crippen LogP contribution in [-0.2, 0) is 5.75 Å². The lowest BCUT2D eigenvalue weighted by Gasteiger charge is -2.19. The maximum Gasteiger partial charge on any atom is 0.191 e. The van der Waals surface area contributed by atoms with E-state index in [9.17, 15) is 10.2 Å². The van der Waals surface area contributed by atoms with Crippen molar-refractivity contribution in [3.8, 4) is 0 Å². The summed E-state index contributed by atoms with van der Waals surface area (Å²) >= 11 is 3.04. The van der Waals surface area contributed by atoms with E-state index in [4.69, 9.17) is 9.97 Å². The van der Waals surface area contributed by atoms with Crippen LogP contribution >= 0.6 is 23.1 Å². The Labute approximate surface area is 198 Å². The normalized spacial score (nSPS) is 13.4. The highest BCUT2D eigenvalue weighted by Gasteiger charge is 2.19. The molecule has 0 aliphatic rings. The molecule has 0 bridgehead atoms. The fourth-order valence-corrected chi connectivity index (χ4v) is 5.15. The van der Waals surface area contributed by atoms with Crippen LogP contribution in [0.15, 0.2) is 35.5 Å². The predicted octanol–water partition coefficient (Wildman–Crippen LogP) is 4.77. The number of aromatic nitrogens is 3. The fourth-order valence-electron chi connectivity index (χ4n) is 3.42. The summed E-state index contributed by atoms with van der Waals surface area (Å²) in [6.07, 6.45) is 2.67. The molecule has 2 atom stereocenters. The molecular weight excluding hydrogens is 442 g/mol. The number of aliphatic hydroxyl groups is 2. The lowest BCUT2D eigenvalue weighted by Crippen LogP contribution is -2.26. The summed E-state index contributed by atoms with van der Waals surface area (Å²) in [5, 5.41) is 27.7. The molecule has 0 aliphatic heterocycles. The number of anilines is 2. The topological polar surface area (TPSA) is 103 Å². The molecule has 3 rings (SSSR count). The first kappa shape index (κ1) is 24.7. The smallest absolute Gasteiger partial charge is 0.191 e. The number of benzene rings is 1. The Morgan fingerprint density at radius 1 is 1.00 bits per heavy atom. The van der Waals surface area contributed by atoms with Gasteiger partial charge >= 0.3 is 0 Å². The van der Waals surface area contributed by atoms with E-state index in [2.05, 4.69) is 48.5 Å². The van der Waals surface area contributed by atoms with Gasteiger partial charge in [-0.15, -0.1) is 0 Å². The molecule has 1 unspecified atom stereocenters. The molecule has 32 heavy (non-hydrogen) atoms. The first-order valence-electron chi connectivity index (χ1n) is 11.1. The standard InChI is InChI=1S/C23H33N5O2S2/c1-4-8-17(12-29)25-23-28-21-19(32-23)20(24-18(13-30)11-15(2)3)26-22(27-21)31-14-16-9-6-5-7-10-16/h5-7,9-10,15,17-18,29-30H,4,8,11-14H2,1-3H3,(H2,24,25,26,27,28)/t17?,18-/m1/s1. The summed E-state index contributed by atoms with van der Waals surface area (Å²) in [4.78, 5) is 14.2. The summed E-state index contributed by atoms with van der Waals surface area (Å²) in [5.74, 6) is 1.91. The molecule has 0 amide bonds. The highest BCUT2D eigenvalue weighted by Crippen LogP contribution is 2.33. The van der Waals surface area contributed by atoms with Crippen LogP contribution in [0.1, 0.15) is 45.6 Å². The van der Waals surface area contributed by atoms with Gasteiger partial charge in [-0.3, -0.25) is 0 Å². The van der Waals surface area contributed by atoms with Crippen molar-refractivity contribution in [1.29, 1.82) is 0 Å². The molecule has 174 valence electrons. The maximum absolute atomic E-state index is 9.88. The van der Waals surface area contributed by atoms with Crippen molar-refractivity contribution >= 4 is 44.4 Å². The quantitative estimate of drug-likeness (QED) is 0.207. The van der Waals surface area contributed by atoms with Crippen LogP contribution in [0.25, 0.3) is 10.3 Å². The molecule has 2 heterocycles. The van der Waals surface area contributed by atoms with Gasteiger partial charge in [0.15, 0.2) is 21.8 Å². The number of aliphatic hydroxyl groups excluding tert-OH is 2. The average molecular weight is 476 g/mol. The molecular formula is C23H33N5O2S2. The van der Waals surface area contributed by atoms with Crippen molar-refractivity contribution in [1.82, 2.24) is 15.0 Å². The van der Waals surface area contributed by atoms with Crippen molar-refractivity contribution in [2.24, 2.45) is 5.92 Å². The highest BCUT2D eigenvalue weighted by atomic mass is 32.2. The zero-order valence-electron chi connectivity index (χ0n) is 18.9. The lowest BCUT2D eigenvalue weighted by molar-refractivity contribution is 0.259. The Morgan fingerprint density at radius 3 is 2.41 bits per heavy atom. The van der Waals surface area contributed by atoms with E-state index in [1.54, 1.807) is 11.8 Å². The first-order valence-corrected chi connectivity index (χ1v) is 12.9. The van der Waals surface area contributed by atoms with Gasteiger partial charge in [0.25, 0.3) is 0 Å². The van der Waals surface area contributed by atoms with Gasteiger partial charge in [-0.25, -0.2) is 9.97 Å². The number of hydrogen-bond acceptors (Lipinski definition) is 9. The molecule has 9 heteroatoms. The molecule has 0 fully saturated rings. The number of thiazole rings is 1. The van der Waals surface area contributed by atoms with Crippen LogP contribution in [0.5, 0.6) is 0 Å². The van der Waals surface area contributed by atoms with E-state index in [0.717, 1.165) is 34.8 Å². The Balaban J connectivity index is 1.89. The van der Waals surface area contributed by atoms with Crippen LogP contribution in [0.3, 0.4) is 0 Å². The Kier molecular flexibility index (Phi) is 9.52. The molecule has 2 aromatic heterocycles. The van der Waals surface area contributed by atoms with Gasteiger partial charge in [-0.1, -0.05) is 80.6 Å². The SMILES string of the molecule is CCCC(CO)Nc1nc2nc(SCc3ccccc3)nc(N[C@@H](CO)CC(C)C)c2s1. The summed E-state index contributed by atoms with van der Waals surface area (Å²) in [6, 6.07) is 10.1. The zero-order valence-corrected chi connectivity index (χ0v) is 20.5. The Hall–Kier alpha value is -1.94. The second kappa shape index (κ2) is 12.3. The van der Waals surface area contributed by atoms with E-state index in [1.165, 1.54) is 16.9 Å². The number of fused-ring (bicyclic) bond motifs is 1. The molecule has 0 saturated heterocycles. The summed E-state index contributed by atoms with van der Waals surface area (Å²) in [5.41, 5.74) is 1.83. The van der Waals surface area contributed by atoms with Gasteiger partial charge in [0, 0.05) is 5.75 Å². The minimum Gasteiger partial charge on any atom is -0.394 e. The van der Waals surface area contributed by atoms with Gasteiger partial charge in [-0.2, -0.15) is 4.98 Å². The van der Waals surface area contributed by atoms with Crippen molar-refractivity contribution in [2.45, 2.75) is 63.0 Å². The van der Waals surface area contributed by atoms with E-state index >= 15 is 0 Å². The molecule has 7 nitrogen and oxygen atoms in total. The Bertz CT molecular complexity index is 968. The first-order chi connectivity index (χ1) is 15.5. The molecule has 0 saturated carbocycles. The van der Waals surface area contributed by atoms with E-state index in [1.807, 2.05) is 18.2 Å². The minimum absolute atomic E-state index is 0.0309. The van der Waals surface area contributed by atoms with Crippen LogP contribution in [0, 0.1) is 5.92 Å². The fraction of sp³-hybridized carbons (Fsp3) is 0.522. The van der Waals surface area contributed by atoms with E-state index < -0.39 is 0 Å². The second-order valence-electron chi connectivity index (χ2n) is 8.27. The van der Waals surface area contributed by atoms with Crippen LogP contribution in [0.4, 0.5) is 10.9 Å². The number of nitrogens with one attached hydrogen (secondary N) is 2. The molecule has 0 spiro atoms. The number of hydrogen-bond donors (Lipinski definition) is 4. The number of nitrogens with zero attached hydrogens (tertiary/aromatic N) is 3. The second-order valence-corrected chi connectivity index (χ2v) is 10.2. The van der Waals surface area contributed by atoms with Gasteiger partial charge in [-0.05, 0) is 24.3 Å². The minimum atomic E-state index is -0.0936. The van der Waals surface area contributed by atoms with Gasteiger partial charge in [0.05, 0.1) is 25.3 Å². The van der Waals surface area contributed by atoms with E-state index in [0.29, 0.717) is 22.5 Å². The largest absolute Gasteiger partial charge is 0.394 e. The number of rotatable bonds is 13. The van der Waals surface area contributed by atoms with Crippen molar-refractivity contribution in [3.05, 3.63) is 35.9 Å². The third-order valence-corrected chi connectivity index (χ3v) is 6.85. The molecule has 0 radical (unpaired) electrons. The van der Waals surface area contributed by atoms with Crippen LogP contribution < -0.4 is 10.6 Å². The van der Waals surface area contributed by atoms with E-state index in [-0.39, 0.29) is 25.3 Å². The monoisotopic (exact) mass is 475 g/mol. The molecule has 4 N–H and O–H groups in total. The van der Waals surface area contributed by atoms with Gasteiger partial charge < -0.3 is 20.8 Å². The van der Waals surface area contributed by atoms with Crippen LogP contribution in [-0.4, -0.2) is 50.5 Å². The van der Waals surface area contributed by atoms with Gasteiger partial charge in [0.2, 0.25) is 0 Å². The average Bonchev–Trinajstić information content (AvgIpc) is 3.20. The number of thioether (sulfide) groups is 1. The molecule has 0 aliphatic carbocycles. The predicted molar refractivity (Wildman–Crippen MR) is 135 cm³/mol. The third-order valence-electron chi connectivity index (χ3n) is 4.95. The summed E-state index contributed by atoms with van der Waals surface area (Å²) in [7, 11) is 0. The van der Waals surface area contributed by atoms with Crippen molar-refractivity contribution in [3.63, 3.8) is 0 Å².